The van der Waals surface area contributed by atoms with Crippen LogP contribution in [0.15, 0.2) is 36.0 Å². The molecule has 0 aromatic rings. The van der Waals surface area contributed by atoms with Crippen LogP contribution in [-0.2, 0) is 0 Å². The van der Waals surface area contributed by atoms with Gasteiger partial charge in [-0.15, -0.1) is 0 Å². The van der Waals surface area contributed by atoms with Crippen LogP contribution in [0, 0.1) is 0 Å². The number of allylic oxidation sites excluding steroid dienone is 6. The van der Waals surface area contributed by atoms with Crippen molar-refractivity contribution >= 4 is 0 Å². The first-order valence-corrected chi connectivity index (χ1v) is 6.26. The predicted octanol–water partition coefficient (Wildman–Crippen LogP) is 6.16. The van der Waals surface area contributed by atoms with Crippen LogP contribution in [0.4, 0.5) is 0 Å². The monoisotopic (exact) mass is 212 g/mol. The van der Waals surface area contributed by atoms with Crippen molar-refractivity contribution in [3.05, 3.63) is 36.0 Å². The van der Waals surface area contributed by atoms with Crippen LogP contribution in [0.25, 0.3) is 0 Å². The minimum Gasteiger partial charge on any atom is -0.0871 e. The summed E-state index contributed by atoms with van der Waals surface area (Å²) in [6.07, 6.45) is 10.3. The maximum Gasteiger partial charge on any atom is -0.0306 e. The minimum absolute atomic E-state index is 1.26. The summed E-state index contributed by atoms with van der Waals surface area (Å²) in [5.74, 6) is 0. The zero-order valence-electron chi connectivity index (χ0n) is 12.4. The highest BCUT2D eigenvalue weighted by molar-refractivity contribution is 5.29. The summed E-state index contributed by atoms with van der Waals surface area (Å²) in [5, 5.41) is 0. The van der Waals surface area contributed by atoms with Gasteiger partial charge in [0.1, 0.15) is 0 Å². The molecular weight excluding hydrogens is 180 g/mol. The Labute approximate surface area is 98.8 Å². The Hall–Kier alpha value is -0.780. The summed E-state index contributed by atoms with van der Waals surface area (Å²) in [7, 11) is 0. The van der Waals surface area contributed by atoms with Gasteiger partial charge >= 0.3 is 0 Å². The van der Waals surface area contributed by atoms with Gasteiger partial charge in [-0.3, -0.25) is 0 Å². The fourth-order valence-corrected chi connectivity index (χ4v) is 0.633. The zero-order chi connectivity index (χ0) is 13.1. The van der Waals surface area contributed by atoms with Crippen LogP contribution in [0.3, 0.4) is 0 Å². The fourth-order valence-electron chi connectivity index (χ4n) is 0.633. The molecule has 0 amide bonds. The molecule has 0 aliphatic heterocycles. The van der Waals surface area contributed by atoms with Crippen LogP contribution in [0.2, 0.25) is 0 Å². The summed E-state index contributed by atoms with van der Waals surface area (Å²) in [6, 6.07) is 0. The summed E-state index contributed by atoms with van der Waals surface area (Å²) < 4.78 is 0. The van der Waals surface area contributed by atoms with Crippen LogP contribution < -0.4 is 0 Å². The Morgan fingerprint density at radius 3 is 1.00 bits per heavy atom. The molecule has 92 valence electrons. The van der Waals surface area contributed by atoms with Crippen LogP contribution in [-0.4, -0.2) is 0 Å². The third-order valence-corrected chi connectivity index (χ3v) is 1.05. The zero-order valence-corrected chi connectivity index (χ0v) is 12.4. The summed E-state index contributed by atoms with van der Waals surface area (Å²) in [5.41, 5.74) is 1.26. The second-order valence-electron chi connectivity index (χ2n) is 1.79. The second kappa shape index (κ2) is 37.9. The van der Waals surface area contributed by atoms with Crippen LogP contribution in [0.1, 0.15) is 62.3 Å². The number of rotatable bonds is 2. The van der Waals surface area contributed by atoms with E-state index in [1.807, 2.05) is 74.5 Å². The maximum atomic E-state index is 2.08. The average Bonchev–Trinajstić information content (AvgIpc) is 2.36. The molecule has 0 bridgehead atoms. The first-order chi connectivity index (χ1) is 7.35. The van der Waals surface area contributed by atoms with E-state index in [4.69, 9.17) is 0 Å². The van der Waals surface area contributed by atoms with Gasteiger partial charge in [0.05, 0.1) is 0 Å². The molecule has 0 saturated heterocycles. The van der Waals surface area contributed by atoms with Crippen LogP contribution in [0.5, 0.6) is 0 Å². The SMILES string of the molecule is CC.CC.CC.CC=C(/C=C\C)/C=C/C. The Morgan fingerprint density at radius 1 is 0.600 bits per heavy atom. The standard InChI is InChI=1S/C9H14.3C2H6/c1-4-7-9(6-3)8-5-2;3*1-2/h4-8H,1-3H3;3*1-2H3/b7-4-,8-5+,9-6?;;;. The number of hydrogen-bond acceptors (Lipinski definition) is 0. The lowest BCUT2D eigenvalue weighted by atomic mass is 10.2. The van der Waals surface area contributed by atoms with Gasteiger partial charge in [-0.25, -0.2) is 0 Å². The molecule has 0 fully saturated rings. The molecule has 0 nitrogen and oxygen atoms in total. The Kier molecular flexibility index (Phi) is 60.1. The lowest BCUT2D eigenvalue weighted by Gasteiger charge is -1.86. The van der Waals surface area contributed by atoms with Crippen molar-refractivity contribution in [1.29, 1.82) is 0 Å². The summed E-state index contributed by atoms with van der Waals surface area (Å²) in [6.45, 7) is 18.1. The highest BCUT2D eigenvalue weighted by Gasteiger charge is 1.76. The lowest BCUT2D eigenvalue weighted by molar-refractivity contribution is 1.50. The predicted molar refractivity (Wildman–Crippen MR) is 77.4 cm³/mol. The fraction of sp³-hybridized carbons (Fsp3) is 0.600. The molecule has 0 saturated carbocycles. The molecule has 0 aliphatic carbocycles. The van der Waals surface area contributed by atoms with E-state index in [0.29, 0.717) is 0 Å². The second-order valence-corrected chi connectivity index (χ2v) is 1.79. The van der Waals surface area contributed by atoms with E-state index in [1.54, 1.807) is 0 Å². The highest BCUT2D eigenvalue weighted by Crippen LogP contribution is 1.97. The molecule has 0 rings (SSSR count). The summed E-state index contributed by atoms with van der Waals surface area (Å²) in [4.78, 5) is 0. The maximum absolute atomic E-state index is 2.08. The van der Waals surface area contributed by atoms with Gasteiger partial charge in [0.2, 0.25) is 0 Å². The third-order valence-electron chi connectivity index (χ3n) is 1.05. The Morgan fingerprint density at radius 2 is 0.867 bits per heavy atom. The molecule has 0 N–H and O–H groups in total. The van der Waals surface area contributed by atoms with Gasteiger partial charge in [0, 0.05) is 0 Å². The van der Waals surface area contributed by atoms with Crippen molar-refractivity contribution in [1.82, 2.24) is 0 Å². The largest absolute Gasteiger partial charge is 0.0871 e. The first-order valence-electron chi connectivity index (χ1n) is 6.26. The minimum atomic E-state index is 1.26. The van der Waals surface area contributed by atoms with Gasteiger partial charge < -0.3 is 0 Å². The Bertz CT molecular complexity index is 122. The third kappa shape index (κ3) is 31.9. The van der Waals surface area contributed by atoms with E-state index < -0.39 is 0 Å². The Balaban J connectivity index is -0.0000000860. The van der Waals surface area contributed by atoms with E-state index >= 15 is 0 Å². The highest BCUT2D eigenvalue weighted by atomic mass is 13.8. The van der Waals surface area contributed by atoms with Gasteiger partial charge in [0.15, 0.2) is 0 Å². The van der Waals surface area contributed by atoms with Gasteiger partial charge in [-0.05, 0) is 26.3 Å². The molecule has 15 heavy (non-hydrogen) atoms. The molecule has 0 heterocycles. The molecule has 0 spiro atoms. The molecule has 0 aromatic heterocycles. The average molecular weight is 212 g/mol. The normalized spacial score (nSPS) is 9.53. The van der Waals surface area contributed by atoms with Crippen LogP contribution >= 0.6 is 0 Å². The van der Waals surface area contributed by atoms with Crippen molar-refractivity contribution in [2.75, 3.05) is 0 Å². The van der Waals surface area contributed by atoms with E-state index in [0.717, 1.165) is 0 Å². The lowest BCUT2D eigenvalue weighted by Crippen LogP contribution is -1.66. The molecule has 0 aliphatic rings. The van der Waals surface area contributed by atoms with Crippen molar-refractivity contribution in [3.63, 3.8) is 0 Å². The smallest absolute Gasteiger partial charge is 0.0306 e. The molecule has 0 atom stereocenters. The van der Waals surface area contributed by atoms with Gasteiger partial charge in [0.25, 0.3) is 0 Å². The number of hydrogen-bond donors (Lipinski definition) is 0. The van der Waals surface area contributed by atoms with Crippen molar-refractivity contribution < 1.29 is 0 Å². The van der Waals surface area contributed by atoms with E-state index in [-0.39, 0.29) is 0 Å². The first kappa shape index (κ1) is 23.8. The van der Waals surface area contributed by atoms with Gasteiger partial charge in [-0.1, -0.05) is 71.9 Å². The molecule has 0 aromatic carbocycles. The molecule has 0 unspecified atom stereocenters. The van der Waals surface area contributed by atoms with E-state index in [1.165, 1.54) is 5.57 Å². The molecule has 0 radical (unpaired) electrons. The van der Waals surface area contributed by atoms with Crippen molar-refractivity contribution in [2.45, 2.75) is 62.3 Å². The van der Waals surface area contributed by atoms with Gasteiger partial charge in [-0.2, -0.15) is 0 Å². The molecular formula is C15H32. The van der Waals surface area contributed by atoms with E-state index in [2.05, 4.69) is 18.2 Å². The summed E-state index contributed by atoms with van der Waals surface area (Å²) >= 11 is 0. The molecule has 0 heteroatoms. The quantitative estimate of drug-likeness (QED) is 0.481. The topological polar surface area (TPSA) is 0 Å². The van der Waals surface area contributed by atoms with Crippen molar-refractivity contribution in [3.8, 4) is 0 Å². The van der Waals surface area contributed by atoms with Crippen molar-refractivity contribution in [2.24, 2.45) is 0 Å². The van der Waals surface area contributed by atoms with E-state index in [9.17, 15) is 0 Å².